The highest BCUT2D eigenvalue weighted by Crippen LogP contribution is 2.25. The third-order valence-corrected chi connectivity index (χ3v) is 4.03. The fourth-order valence-corrected chi connectivity index (χ4v) is 2.60. The van der Waals surface area contributed by atoms with Crippen LogP contribution >= 0.6 is 0 Å². The number of aliphatic hydroxyl groups is 1. The summed E-state index contributed by atoms with van der Waals surface area (Å²) in [7, 11) is 0. The van der Waals surface area contributed by atoms with Gasteiger partial charge in [-0.3, -0.25) is 4.79 Å². The van der Waals surface area contributed by atoms with E-state index in [0.717, 1.165) is 0 Å². The maximum atomic E-state index is 13.2. The van der Waals surface area contributed by atoms with E-state index < -0.39 is 12.2 Å². The van der Waals surface area contributed by atoms with Crippen molar-refractivity contribution in [3.05, 3.63) is 60.4 Å². The molecule has 3 rings (SSSR count). The van der Waals surface area contributed by atoms with Crippen molar-refractivity contribution in [2.75, 3.05) is 0 Å². The number of halogens is 1. The topological polar surface area (TPSA) is 68.7 Å². The molecule has 0 aliphatic rings. The molecule has 2 aromatic carbocycles. The summed E-state index contributed by atoms with van der Waals surface area (Å²) in [5.41, 5.74) is 0.641. The van der Waals surface area contributed by atoms with Gasteiger partial charge in [-0.25, -0.2) is 9.37 Å². The molecule has 0 aliphatic carbocycles. The van der Waals surface area contributed by atoms with Gasteiger partial charge >= 0.3 is 0 Å². The number of fused-ring (bicyclic) bond motifs is 1. The minimum atomic E-state index is -0.856. The van der Waals surface area contributed by atoms with Crippen molar-refractivity contribution in [1.82, 2.24) is 4.98 Å². The highest BCUT2D eigenvalue weighted by atomic mass is 19.1. The van der Waals surface area contributed by atoms with E-state index in [-0.39, 0.29) is 18.0 Å². The minimum absolute atomic E-state index is 0.0555. The molecular formula is C21H20FNO4. The largest absolute Gasteiger partial charge is 0.488 e. The number of Topliss-reactive ketones (excluding diaryl/α,β-unsaturated/α-hetero) is 1. The van der Waals surface area contributed by atoms with Crippen LogP contribution in [0, 0.1) is 5.82 Å². The van der Waals surface area contributed by atoms with E-state index in [0.29, 0.717) is 28.3 Å². The van der Waals surface area contributed by atoms with E-state index in [1.165, 1.54) is 19.1 Å². The lowest BCUT2D eigenvalue weighted by Gasteiger charge is -2.19. The van der Waals surface area contributed by atoms with Crippen molar-refractivity contribution in [1.29, 1.82) is 0 Å². The molecule has 0 spiro atoms. The molecule has 1 N–H and O–H groups in total. The Hall–Kier alpha value is -2.99. The van der Waals surface area contributed by atoms with Crippen molar-refractivity contribution in [3.63, 3.8) is 0 Å². The third-order valence-electron chi connectivity index (χ3n) is 4.03. The van der Waals surface area contributed by atoms with E-state index in [9.17, 15) is 14.3 Å². The van der Waals surface area contributed by atoms with Crippen molar-refractivity contribution in [3.8, 4) is 17.4 Å². The standard InChI is InChI=1S/C21H20FNO4/c1-13(24)11-20(25)14(2)26-17-5-7-18(8-6-17)27-21-10-3-15-12-16(22)4-9-19(15)23-21/h3-10,12,14,20,25H,11H2,1-2H3. The zero-order chi connectivity index (χ0) is 19.4. The quantitative estimate of drug-likeness (QED) is 0.673. The summed E-state index contributed by atoms with van der Waals surface area (Å²) in [6.45, 7) is 3.14. The normalized spacial score (nSPS) is 13.2. The Balaban J connectivity index is 1.65. The minimum Gasteiger partial charge on any atom is -0.488 e. The fourth-order valence-electron chi connectivity index (χ4n) is 2.60. The molecule has 0 saturated heterocycles. The van der Waals surface area contributed by atoms with E-state index in [4.69, 9.17) is 9.47 Å². The zero-order valence-electron chi connectivity index (χ0n) is 15.1. The molecule has 1 aromatic heterocycles. The number of benzene rings is 2. The van der Waals surface area contributed by atoms with Gasteiger partial charge in [-0.2, -0.15) is 0 Å². The molecule has 27 heavy (non-hydrogen) atoms. The average Bonchev–Trinajstić information content (AvgIpc) is 2.63. The van der Waals surface area contributed by atoms with Gasteiger partial charge < -0.3 is 14.6 Å². The summed E-state index contributed by atoms with van der Waals surface area (Å²) >= 11 is 0. The van der Waals surface area contributed by atoms with E-state index >= 15 is 0 Å². The highest BCUT2D eigenvalue weighted by Gasteiger charge is 2.17. The summed E-state index contributed by atoms with van der Waals surface area (Å²) in [6, 6.07) is 14.6. The van der Waals surface area contributed by atoms with Gasteiger partial charge in [0.2, 0.25) is 5.88 Å². The van der Waals surface area contributed by atoms with Crippen LogP contribution in [-0.2, 0) is 4.79 Å². The van der Waals surface area contributed by atoms with E-state index in [1.807, 2.05) is 0 Å². The maximum absolute atomic E-state index is 13.2. The zero-order valence-corrected chi connectivity index (χ0v) is 15.1. The fraction of sp³-hybridized carbons (Fsp3) is 0.238. The number of rotatable bonds is 7. The van der Waals surface area contributed by atoms with Crippen LogP contribution < -0.4 is 9.47 Å². The number of hydrogen-bond donors (Lipinski definition) is 1. The number of aromatic nitrogens is 1. The molecule has 0 radical (unpaired) electrons. The number of pyridine rings is 1. The first kappa shape index (κ1) is 18.8. The van der Waals surface area contributed by atoms with Crippen molar-refractivity contribution < 1.29 is 23.8 Å². The molecule has 0 bridgehead atoms. The van der Waals surface area contributed by atoms with Crippen LogP contribution in [0.4, 0.5) is 4.39 Å². The molecule has 0 aliphatic heterocycles. The lowest BCUT2D eigenvalue weighted by molar-refractivity contribution is -0.120. The van der Waals surface area contributed by atoms with Gasteiger partial charge in [0.05, 0.1) is 11.6 Å². The van der Waals surface area contributed by atoms with Crippen LogP contribution in [0.2, 0.25) is 0 Å². The molecule has 2 atom stereocenters. The Labute approximate surface area is 156 Å². The molecule has 3 aromatic rings. The molecule has 2 unspecified atom stereocenters. The first-order valence-corrected chi connectivity index (χ1v) is 8.59. The summed E-state index contributed by atoms with van der Waals surface area (Å²) in [5, 5.41) is 10.6. The number of hydrogen-bond acceptors (Lipinski definition) is 5. The third kappa shape index (κ3) is 5.01. The summed E-state index contributed by atoms with van der Waals surface area (Å²) in [5.74, 6) is 1.12. The molecule has 5 nitrogen and oxygen atoms in total. The second-order valence-electron chi connectivity index (χ2n) is 6.36. The van der Waals surface area contributed by atoms with Gasteiger partial charge in [0.15, 0.2) is 0 Å². The van der Waals surface area contributed by atoms with Crippen LogP contribution in [0.3, 0.4) is 0 Å². The molecular weight excluding hydrogens is 349 g/mol. The van der Waals surface area contributed by atoms with E-state index in [2.05, 4.69) is 4.98 Å². The average molecular weight is 369 g/mol. The van der Waals surface area contributed by atoms with Gasteiger partial charge in [-0.1, -0.05) is 0 Å². The van der Waals surface area contributed by atoms with Crippen molar-refractivity contribution in [2.24, 2.45) is 0 Å². The van der Waals surface area contributed by atoms with Gasteiger partial charge in [0, 0.05) is 17.9 Å². The smallest absolute Gasteiger partial charge is 0.219 e. The Morgan fingerprint density at radius 2 is 1.81 bits per heavy atom. The lowest BCUT2D eigenvalue weighted by atomic mass is 10.1. The molecule has 1 heterocycles. The maximum Gasteiger partial charge on any atom is 0.219 e. The predicted molar refractivity (Wildman–Crippen MR) is 99.6 cm³/mol. The molecule has 0 fully saturated rings. The van der Waals surface area contributed by atoms with Crippen LogP contribution in [0.1, 0.15) is 20.3 Å². The first-order chi connectivity index (χ1) is 12.9. The number of aliphatic hydroxyl groups excluding tert-OH is 1. The van der Waals surface area contributed by atoms with Crippen LogP contribution in [0.15, 0.2) is 54.6 Å². The Morgan fingerprint density at radius 3 is 2.52 bits per heavy atom. The van der Waals surface area contributed by atoms with Gasteiger partial charge in [0.25, 0.3) is 0 Å². The monoisotopic (exact) mass is 369 g/mol. The Morgan fingerprint density at radius 1 is 1.11 bits per heavy atom. The molecule has 6 heteroatoms. The van der Waals surface area contributed by atoms with Gasteiger partial charge in [0.1, 0.15) is 29.2 Å². The van der Waals surface area contributed by atoms with Crippen LogP contribution in [0.5, 0.6) is 17.4 Å². The highest BCUT2D eigenvalue weighted by molar-refractivity contribution is 5.79. The second kappa shape index (κ2) is 8.14. The second-order valence-corrected chi connectivity index (χ2v) is 6.36. The molecule has 140 valence electrons. The van der Waals surface area contributed by atoms with Crippen molar-refractivity contribution >= 4 is 16.7 Å². The lowest BCUT2D eigenvalue weighted by Crippen LogP contribution is -2.30. The van der Waals surface area contributed by atoms with E-state index in [1.54, 1.807) is 49.4 Å². The van der Waals surface area contributed by atoms with Crippen molar-refractivity contribution in [2.45, 2.75) is 32.5 Å². The van der Waals surface area contributed by atoms with Crippen LogP contribution in [0.25, 0.3) is 10.9 Å². The number of ketones is 1. The van der Waals surface area contributed by atoms with Gasteiger partial charge in [-0.05, 0) is 62.4 Å². The SMILES string of the molecule is CC(=O)CC(O)C(C)Oc1ccc(Oc2ccc3cc(F)ccc3n2)cc1. The van der Waals surface area contributed by atoms with Crippen LogP contribution in [-0.4, -0.2) is 28.1 Å². The van der Waals surface area contributed by atoms with Gasteiger partial charge in [-0.15, -0.1) is 0 Å². The molecule has 0 saturated carbocycles. The number of nitrogens with zero attached hydrogens (tertiary/aromatic N) is 1. The summed E-state index contributed by atoms with van der Waals surface area (Å²) in [6.07, 6.45) is -1.31. The number of ether oxygens (including phenoxy) is 2. The Kier molecular flexibility index (Phi) is 5.66. The Bertz CT molecular complexity index is 943. The molecule has 0 amide bonds. The predicted octanol–water partition coefficient (Wildman–Crippen LogP) is 4.27. The number of carbonyl (C=O) groups is 1. The summed E-state index contributed by atoms with van der Waals surface area (Å²) < 4.78 is 24.6. The summed E-state index contributed by atoms with van der Waals surface area (Å²) in [4.78, 5) is 15.4. The first-order valence-electron chi connectivity index (χ1n) is 8.59. The number of carbonyl (C=O) groups excluding carboxylic acids is 1.